The van der Waals surface area contributed by atoms with Crippen LogP contribution in [0, 0.1) is 0 Å². The fourth-order valence-corrected chi connectivity index (χ4v) is 1.78. The molecule has 2 aromatic rings. The topological polar surface area (TPSA) is 42.4 Å². The second-order valence-corrected chi connectivity index (χ2v) is 4.20. The highest BCUT2D eigenvalue weighted by Gasteiger charge is 2.05. The Morgan fingerprint density at radius 3 is 2.56 bits per heavy atom. The summed E-state index contributed by atoms with van der Waals surface area (Å²) in [6, 6.07) is 13.4. The highest BCUT2D eigenvalue weighted by atomic mass is 35.5. The predicted molar refractivity (Wildman–Crippen MR) is 70.8 cm³/mol. The zero-order chi connectivity index (χ0) is 12.8. The first kappa shape index (κ1) is 12.9. The van der Waals surface area contributed by atoms with Gasteiger partial charge in [-0.15, -0.1) is 0 Å². The van der Waals surface area contributed by atoms with Gasteiger partial charge in [-0.05, 0) is 17.7 Å². The highest BCUT2D eigenvalue weighted by molar-refractivity contribution is 6.30. The van der Waals surface area contributed by atoms with E-state index in [1.54, 1.807) is 6.07 Å². The zero-order valence-electron chi connectivity index (χ0n) is 9.84. The lowest BCUT2D eigenvalue weighted by Gasteiger charge is -2.08. The minimum atomic E-state index is 0.0630. The Morgan fingerprint density at radius 1 is 1.11 bits per heavy atom. The minimum absolute atomic E-state index is 0.0630. The van der Waals surface area contributed by atoms with Gasteiger partial charge in [-0.1, -0.05) is 41.9 Å². The van der Waals surface area contributed by atoms with Gasteiger partial charge in [0, 0.05) is 18.7 Å². The van der Waals surface area contributed by atoms with Crippen molar-refractivity contribution in [3.63, 3.8) is 0 Å². The van der Waals surface area contributed by atoms with Crippen molar-refractivity contribution < 1.29 is 9.84 Å². The fourth-order valence-electron chi connectivity index (χ4n) is 1.56. The Kier molecular flexibility index (Phi) is 4.56. The van der Waals surface area contributed by atoms with Gasteiger partial charge in [0.25, 0.3) is 0 Å². The first-order chi connectivity index (χ1) is 8.79. The number of pyridine rings is 1. The molecule has 0 fully saturated rings. The van der Waals surface area contributed by atoms with Gasteiger partial charge in [0.1, 0.15) is 6.61 Å². The first-order valence-electron chi connectivity index (χ1n) is 5.72. The monoisotopic (exact) mass is 263 g/mol. The van der Waals surface area contributed by atoms with Crippen molar-refractivity contribution in [2.45, 2.75) is 13.0 Å². The average molecular weight is 264 g/mol. The van der Waals surface area contributed by atoms with Crippen LogP contribution in [0.1, 0.15) is 11.3 Å². The number of ether oxygens (including phenoxy) is 1. The van der Waals surface area contributed by atoms with Gasteiger partial charge in [0.15, 0.2) is 10.9 Å². The number of halogens is 1. The molecule has 4 heteroatoms. The van der Waals surface area contributed by atoms with Crippen LogP contribution in [0.2, 0.25) is 5.15 Å². The molecule has 0 atom stereocenters. The van der Waals surface area contributed by atoms with E-state index in [2.05, 4.69) is 4.98 Å². The number of nitrogens with zero attached hydrogens (tertiary/aromatic N) is 1. The summed E-state index contributed by atoms with van der Waals surface area (Å²) in [4.78, 5) is 4.16. The molecule has 0 aliphatic rings. The quantitative estimate of drug-likeness (QED) is 0.844. The van der Waals surface area contributed by atoms with Crippen molar-refractivity contribution in [1.82, 2.24) is 4.98 Å². The third-order valence-corrected chi connectivity index (χ3v) is 2.75. The molecular weight excluding hydrogens is 250 g/mol. The maximum Gasteiger partial charge on any atom is 0.171 e. The molecule has 2 rings (SSSR count). The fraction of sp³-hybridized carbons (Fsp3) is 0.214. The molecule has 1 aromatic carbocycles. The summed E-state index contributed by atoms with van der Waals surface area (Å²) in [6.45, 7) is 0.523. The standard InChI is InChI=1S/C14H14ClNO2/c15-14-13(7-6-12(16-14)8-9-17)18-10-11-4-2-1-3-5-11/h1-7,17H,8-10H2. The molecule has 0 saturated carbocycles. The molecule has 1 N–H and O–H groups in total. The summed E-state index contributed by atoms with van der Waals surface area (Å²) in [7, 11) is 0. The molecule has 0 amide bonds. The lowest BCUT2D eigenvalue weighted by Crippen LogP contribution is -1.99. The SMILES string of the molecule is OCCc1ccc(OCc2ccccc2)c(Cl)n1. The van der Waals surface area contributed by atoms with E-state index in [1.807, 2.05) is 36.4 Å². The summed E-state index contributed by atoms with van der Waals surface area (Å²) >= 11 is 6.01. The molecule has 0 aliphatic heterocycles. The van der Waals surface area contributed by atoms with Gasteiger partial charge in [-0.25, -0.2) is 4.98 Å². The second-order valence-electron chi connectivity index (χ2n) is 3.84. The van der Waals surface area contributed by atoms with E-state index in [1.165, 1.54) is 0 Å². The Bertz CT molecular complexity index is 502. The van der Waals surface area contributed by atoms with E-state index in [0.717, 1.165) is 11.3 Å². The maximum absolute atomic E-state index is 8.82. The van der Waals surface area contributed by atoms with Gasteiger partial charge < -0.3 is 9.84 Å². The molecule has 0 unspecified atom stereocenters. The van der Waals surface area contributed by atoms with E-state index >= 15 is 0 Å². The molecule has 0 radical (unpaired) electrons. The van der Waals surface area contributed by atoms with Crippen molar-refractivity contribution in [3.05, 3.63) is 58.9 Å². The van der Waals surface area contributed by atoms with E-state index in [4.69, 9.17) is 21.4 Å². The Morgan fingerprint density at radius 2 is 1.89 bits per heavy atom. The van der Waals surface area contributed by atoms with Gasteiger partial charge >= 0.3 is 0 Å². The number of hydrogen-bond acceptors (Lipinski definition) is 3. The van der Waals surface area contributed by atoms with E-state index in [0.29, 0.717) is 23.9 Å². The van der Waals surface area contributed by atoms with Gasteiger partial charge in [0.05, 0.1) is 0 Å². The lowest BCUT2D eigenvalue weighted by molar-refractivity contribution is 0.296. The van der Waals surface area contributed by atoms with Crippen LogP contribution in [0.3, 0.4) is 0 Å². The van der Waals surface area contributed by atoms with Crippen LogP contribution >= 0.6 is 11.6 Å². The average Bonchev–Trinajstić information content (AvgIpc) is 2.39. The Hall–Kier alpha value is -1.58. The Balaban J connectivity index is 2.01. The number of aromatic nitrogens is 1. The molecule has 0 saturated heterocycles. The number of aliphatic hydroxyl groups excluding tert-OH is 1. The van der Waals surface area contributed by atoms with Crippen LogP contribution in [-0.2, 0) is 13.0 Å². The highest BCUT2D eigenvalue weighted by Crippen LogP contribution is 2.23. The van der Waals surface area contributed by atoms with Crippen molar-refractivity contribution >= 4 is 11.6 Å². The number of aliphatic hydroxyl groups is 1. The van der Waals surface area contributed by atoms with E-state index in [9.17, 15) is 0 Å². The van der Waals surface area contributed by atoms with Crippen molar-refractivity contribution in [3.8, 4) is 5.75 Å². The predicted octanol–water partition coefficient (Wildman–Crippen LogP) is 2.85. The summed E-state index contributed by atoms with van der Waals surface area (Å²) in [5, 5.41) is 9.15. The smallest absolute Gasteiger partial charge is 0.171 e. The largest absolute Gasteiger partial charge is 0.486 e. The van der Waals surface area contributed by atoms with E-state index in [-0.39, 0.29) is 6.61 Å². The zero-order valence-corrected chi connectivity index (χ0v) is 10.6. The molecule has 0 bridgehead atoms. The maximum atomic E-state index is 8.82. The first-order valence-corrected chi connectivity index (χ1v) is 6.10. The summed E-state index contributed by atoms with van der Waals surface area (Å²) < 4.78 is 5.60. The number of benzene rings is 1. The third kappa shape index (κ3) is 3.45. The van der Waals surface area contributed by atoms with Gasteiger partial charge in [-0.2, -0.15) is 0 Å². The summed E-state index contributed by atoms with van der Waals surface area (Å²) in [6.07, 6.45) is 0.499. The van der Waals surface area contributed by atoms with Crippen LogP contribution in [-0.4, -0.2) is 16.7 Å². The van der Waals surface area contributed by atoms with Gasteiger partial charge in [-0.3, -0.25) is 0 Å². The minimum Gasteiger partial charge on any atom is -0.486 e. The number of hydrogen-bond donors (Lipinski definition) is 1. The molecule has 1 aromatic heterocycles. The summed E-state index contributed by atoms with van der Waals surface area (Å²) in [5.74, 6) is 0.558. The van der Waals surface area contributed by atoms with E-state index < -0.39 is 0 Å². The van der Waals surface area contributed by atoms with Crippen LogP contribution in [0.25, 0.3) is 0 Å². The van der Waals surface area contributed by atoms with Crippen molar-refractivity contribution in [1.29, 1.82) is 0 Å². The third-order valence-electron chi connectivity index (χ3n) is 2.48. The summed E-state index contributed by atoms with van der Waals surface area (Å²) in [5.41, 5.74) is 1.84. The van der Waals surface area contributed by atoms with Crippen LogP contribution < -0.4 is 4.74 Å². The molecular formula is C14H14ClNO2. The number of rotatable bonds is 5. The molecule has 3 nitrogen and oxygen atoms in total. The van der Waals surface area contributed by atoms with Crippen LogP contribution in [0.4, 0.5) is 0 Å². The van der Waals surface area contributed by atoms with Gasteiger partial charge in [0.2, 0.25) is 0 Å². The van der Waals surface area contributed by atoms with Crippen LogP contribution in [0.15, 0.2) is 42.5 Å². The van der Waals surface area contributed by atoms with Crippen LogP contribution in [0.5, 0.6) is 5.75 Å². The van der Waals surface area contributed by atoms with Crippen molar-refractivity contribution in [2.75, 3.05) is 6.61 Å². The molecule has 1 heterocycles. The normalized spacial score (nSPS) is 10.3. The van der Waals surface area contributed by atoms with Crippen molar-refractivity contribution in [2.24, 2.45) is 0 Å². The lowest BCUT2D eigenvalue weighted by atomic mass is 10.2. The molecule has 0 aliphatic carbocycles. The second kappa shape index (κ2) is 6.38. The molecule has 94 valence electrons. The molecule has 18 heavy (non-hydrogen) atoms. The Labute approximate surface area is 111 Å². The molecule has 0 spiro atoms.